The van der Waals surface area contributed by atoms with Crippen LogP contribution >= 0.6 is 0 Å². The standard InChI is InChI=1S/C15H32N2/c1-5-14(6-2)17(4)12-13-10-8-7-9-11-15(13)16-3/h13-16H,5-12H2,1-4H3. The first-order valence-corrected chi connectivity index (χ1v) is 7.60. The van der Waals surface area contributed by atoms with Crippen LogP contribution in [0, 0.1) is 5.92 Å². The molecule has 17 heavy (non-hydrogen) atoms. The van der Waals surface area contributed by atoms with E-state index < -0.39 is 0 Å². The van der Waals surface area contributed by atoms with Crippen LogP contribution in [0.1, 0.15) is 58.8 Å². The Kier molecular flexibility index (Phi) is 7.14. The molecule has 0 aliphatic heterocycles. The molecule has 0 heterocycles. The maximum atomic E-state index is 3.55. The van der Waals surface area contributed by atoms with Crippen molar-refractivity contribution in [1.29, 1.82) is 0 Å². The van der Waals surface area contributed by atoms with Gasteiger partial charge in [0, 0.05) is 18.6 Å². The molecule has 1 saturated carbocycles. The molecular weight excluding hydrogens is 208 g/mol. The van der Waals surface area contributed by atoms with Gasteiger partial charge >= 0.3 is 0 Å². The lowest BCUT2D eigenvalue weighted by Gasteiger charge is -2.33. The lowest BCUT2D eigenvalue weighted by atomic mass is 9.93. The van der Waals surface area contributed by atoms with E-state index in [0.29, 0.717) is 0 Å². The van der Waals surface area contributed by atoms with Gasteiger partial charge in [-0.1, -0.05) is 33.1 Å². The Hall–Kier alpha value is -0.0800. The van der Waals surface area contributed by atoms with Gasteiger partial charge in [0.2, 0.25) is 0 Å². The van der Waals surface area contributed by atoms with Crippen molar-refractivity contribution in [1.82, 2.24) is 10.2 Å². The topological polar surface area (TPSA) is 15.3 Å². The fourth-order valence-corrected chi connectivity index (χ4v) is 3.41. The average molecular weight is 240 g/mol. The molecule has 0 aromatic heterocycles. The fraction of sp³-hybridized carbons (Fsp3) is 1.00. The highest BCUT2D eigenvalue weighted by atomic mass is 15.1. The summed E-state index contributed by atoms with van der Waals surface area (Å²) in [7, 11) is 4.45. The van der Waals surface area contributed by atoms with Crippen LogP contribution in [0.5, 0.6) is 0 Å². The van der Waals surface area contributed by atoms with Crippen molar-refractivity contribution in [3.8, 4) is 0 Å². The van der Waals surface area contributed by atoms with Crippen molar-refractivity contribution >= 4 is 0 Å². The van der Waals surface area contributed by atoms with Crippen LogP contribution < -0.4 is 5.32 Å². The van der Waals surface area contributed by atoms with Gasteiger partial charge in [-0.05, 0) is 45.7 Å². The molecule has 0 aromatic carbocycles. The van der Waals surface area contributed by atoms with Crippen LogP contribution in [0.15, 0.2) is 0 Å². The predicted molar refractivity (Wildman–Crippen MR) is 76.4 cm³/mol. The summed E-state index contributed by atoms with van der Waals surface area (Å²) in [6, 6.07) is 1.52. The molecule has 1 aliphatic carbocycles. The Balaban J connectivity index is 2.50. The summed E-state index contributed by atoms with van der Waals surface area (Å²) in [4.78, 5) is 2.60. The number of hydrogen-bond donors (Lipinski definition) is 1. The van der Waals surface area contributed by atoms with E-state index in [2.05, 4.69) is 38.2 Å². The summed E-state index contributed by atoms with van der Waals surface area (Å²) in [5.74, 6) is 0.855. The zero-order valence-corrected chi connectivity index (χ0v) is 12.3. The molecule has 1 rings (SSSR count). The minimum Gasteiger partial charge on any atom is -0.317 e. The second-order valence-corrected chi connectivity index (χ2v) is 5.70. The first kappa shape index (κ1) is 15.0. The van der Waals surface area contributed by atoms with Crippen LogP contribution in [0.25, 0.3) is 0 Å². The average Bonchev–Trinajstić information content (AvgIpc) is 2.55. The van der Waals surface area contributed by atoms with Crippen LogP contribution in [0.4, 0.5) is 0 Å². The quantitative estimate of drug-likeness (QED) is 0.717. The Bertz CT molecular complexity index is 189. The fourth-order valence-electron chi connectivity index (χ4n) is 3.41. The summed E-state index contributed by atoms with van der Waals surface area (Å²) in [6.07, 6.45) is 9.63. The van der Waals surface area contributed by atoms with E-state index in [-0.39, 0.29) is 0 Å². The van der Waals surface area contributed by atoms with E-state index in [1.807, 2.05) is 0 Å². The number of rotatable bonds is 6. The SMILES string of the molecule is CCC(CC)N(C)CC1CCCCCC1NC. The Morgan fingerprint density at radius 3 is 2.35 bits per heavy atom. The Labute approximate surface area is 108 Å². The number of nitrogens with zero attached hydrogens (tertiary/aromatic N) is 1. The summed E-state index contributed by atoms with van der Waals surface area (Å²) in [6.45, 7) is 5.90. The van der Waals surface area contributed by atoms with Crippen molar-refractivity contribution in [3.63, 3.8) is 0 Å². The van der Waals surface area contributed by atoms with Gasteiger partial charge in [-0.2, -0.15) is 0 Å². The van der Waals surface area contributed by atoms with Gasteiger partial charge < -0.3 is 10.2 Å². The van der Waals surface area contributed by atoms with Crippen molar-refractivity contribution in [2.75, 3.05) is 20.6 Å². The van der Waals surface area contributed by atoms with Crippen LogP contribution in [-0.2, 0) is 0 Å². The molecule has 0 amide bonds. The van der Waals surface area contributed by atoms with E-state index in [1.165, 1.54) is 51.5 Å². The van der Waals surface area contributed by atoms with Crippen LogP contribution in [0.3, 0.4) is 0 Å². The summed E-state index contributed by atoms with van der Waals surface area (Å²) in [5.41, 5.74) is 0. The Morgan fingerprint density at radius 2 is 1.76 bits per heavy atom. The first-order chi connectivity index (χ1) is 8.22. The summed E-state index contributed by atoms with van der Waals surface area (Å²) < 4.78 is 0. The molecule has 2 nitrogen and oxygen atoms in total. The third kappa shape index (κ3) is 4.59. The predicted octanol–water partition coefficient (Wildman–Crippen LogP) is 3.28. The highest BCUT2D eigenvalue weighted by Gasteiger charge is 2.24. The van der Waals surface area contributed by atoms with Crippen LogP contribution in [0.2, 0.25) is 0 Å². The molecule has 0 bridgehead atoms. The first-order valence-electron chi connectivity index (χ1n) is 7.60. The lowest BCUT2D eigenvalue weighted by molar-refractivity contribution is 0.171. The van der Waals surface area contributed by atoms with E-state index in [9.17, 15) is 0 Å². The second kappa shape index (κ2) is 8.10. The lowest BCUT2D eigenvalue weighted by Crippen LogP contribution is -2.42. The van der Waals surface area contributed by atoms with Gasteiger partial charge in [-0.15, -0.1) is 0 Å². The molecule has 2 unspecified atom stereocenters. The van der Waals surface area contributed by atoms with Gasteiger partial charge in [-0.25, -0.2) is 0 Å². The largest absolute Gasteiger partial charge is 0.317 e. The third-order valence-corrected chi connectivity index (χ3v) is 4.62. The van der Waals surface area contributed by atoms with Gasteiger partial charge in [-0.3, -0.25) is 0 Å². The monoisotopic (exact) mass is 240 g/mol. The molecule has 2 atom stereocenters. The maximum absolute atomic E-state index is 3.55. The molecule has 0 radical (unpaired) electrons. The highest BCUT2D eigenvalue weighted by Crippen LogP contribution is 2.25. The third-order valence-electron chi connectivity index (χ3n) is 4.62. The van der Waals surface area contributed by atoms with Crippen LogP contribution in [-0.4, -0.2) is 37.6 Å². The van der Waals surface area contributed by atoms with Gasteiger partial charge in [0.25, 0.3) is 0 Å². The molecule has 1 aliphatic rings. The maximum Gasteiger partial charge on any atom is 0.0104 e. The van der Waals surface area contributed by atoms with Gasteiger partial charge in [0.1, 0.15) is 0 Å². The normalized spacial score (nSPS) is 26.5. The molecule has 0 aromatic rings. The molecule has 2 heteroatoms. The van der Waals surface area contributed by atoms with Crippen molar-refractivity contribution < 1.29 is 0 Å². The highest BCUT2D eigenvalue weighted by molar-refractivity contribution is 4.81. The zero-order chi connectivity index (χ0) is 12.7. The molecule has 1 fully saturated rings. The molecule has 0 spiro atoms. The van der Waals surface area contributed by atoms with E-state index in [0.717, 1.165) is 18.0 Å². The van der Waals surface area contributed by atoms with Crippen molar-refractivity contribution in [3.05, 3.63) is 0 Å². The van der Waals surface area contributed by atoms with E-state index in [4.69, 9.17) is 0 Å². The van der Waals surface area contributed by atoms with Crippen molar-refractivity contribution in [2.24, 2.45) is 5.92 Å². The number of hydrogen-bond acceptors (Lipinski definition) is 2. The van der Waals surface area contributed by atoms with E-state index in [1.54, 1.807) is 0 Å². The molecule has 102 valence electrons. The summed E-state index contributed by atoms with van der Waals surface area (Å²) >= 11 is 0. The summed E-state index contributed by atoms with van der Waals surface area (Å²) in [5, 5.41) is 3.55. The van der Waals surface area contributed by atoms with E-state index >= 15 is 0 Å². The second-order valence-electron chi connectivity index (χ2n) is 5.70. The number of nitrogens with one attached hydrogen (secondary N) is 1. The van der Waals surface area contributed by atoms with Gasteiger partial charge in [0.05, 0.1) is 0 Å². The van der Waals surface area contributed by atoms with Gasteiger partial charge in [0.15, 0.2) is 0 Å². The minimum atomic E-state index is 0.745. The molecular formula is C15H32N2. The zero-order valence-electron chi connectivity index (χ0n) is 12.3. The van der Waals surface area contributed by atoms with Crippen molar-refractivity contribution in [2.45, 2.75) is 70.9 Å². The smallest absolute Gasteiger partial charge is 0.0104 e. The Morgan fingerprint density at radius 1 is 1.12 bits per heavy atom. The molecule has 1 N–H and O–H groups in total. The minimum absolute atomic E-state index is 0.745. The molecule has 0 saturated heterocycles.